The molecule has 1 saturated heterocycles. The summed E-state index contributed by atoms with van der Waals surface area (Å²) in [5.41, 5.74) is 0. The molecule has 1 aromatic rings. The quantitative estimate of drug-likeness (QED) is 0.928. The van der Waals surface area contributed by atoms with Crippen LogP contribution in [0.5, 0.6) is 0 Å². The number of thiophene rings is 1. The van der Waals surface area contributed by atoms with Crippen molar-refractivity contribution in [2.24, 2.45) is 5.92 Å². The predicted molar refractivity (Wildman–Crippen MR) is 79.3 cm³/mol. The van der Waals surface area contributed by atoms with E-state index in [2.05, 4.69) is 0 Å². The van der Waals surface area contributed by atoms with E-state index in [1.165, 1.54) is 11.3 Å². The Bertz CT molecular complexity index is 502. The summed E-state index contributed by atoms with van der Waals surface area (Å²) in [5.74, 6) is -0.860. The molecule has 0 radical (unpaired) electrons. The number of piperidine rings is 1. The van der Waals surface area contributed by atoms with Gasteiger partial charge in [-0.15, -0.1) is 11.3 Å². The summed E-state index contributed by atoms with van der Waals surface area (Å²) < 4.78 is 0.682. The molecule has 0 aromatic carbocycles. The molecule has 1 amide bonds. The number of amides is 1. The summed E-state index contributed by atoms with van der Waals surface area (Å²) in [5, 5.41) is 8.86. The van der Waals surface area contributed by atoms with Crippen molar-refractivity contribution in [3.05, 3.63) is 21.3 Å². The number of carbonyl (C=O) groups excluding carboxylic acids is 1. The molecule has 0 spiro atoms. The molecule has 0 aliphatic carbocycles. The fraction of sp³-hybridized carbons (Fsp3) is 0.571. The lowest BCUT2D eigenvalue weighted by Crippen LogP contribution is -2.42. The maximum Gasteiger partial charge on any atom is 0.303 e. The normalized spacial score (nSPS) is 20.7. The van der Waals surface area contributed by atoms with E-state index in [9.17, 15) is 9.59 Å². The third kappa shape index (κ3) is 3.73. The Morgan fingerprint density at radius 1 is 1.55 bits per heavy atom. The number of nitrogens with zero attached hydrogens (tertiary/aromatic N) is 1. The van der Waals surface area contributed by atoms with Crippen LogP contribution in [0.25, 0.3) is 0 Å². The van der Waals surface area contributed by atoms with Gasteiger partial charge in [-0.05, 0) is 37.8 Å². The van der Waals surface area contributed by atoms with Crippen molar-refractivity contribution >= 4 is 34.8 Å². The highest BCUT2D eigenvalue weighted by Crippen LogP contribution is 2.30. The van der Waals surface area contributed by atoms with Gasteiger partial charge in [0.2, 0.25) is 5.91 Å². The fourth-order valence-electron chi connectivity index (χ4n) is 2.64. The van der Waals surface area contributed by atoms with Gasteiger partial charge in [-0.1, -0.05) is 11.6 Å². The monoisotopic (exact) mass is 315 g/mol. The summed E-state index contributed by atoms with van der Waals surface area (Å²) in [6.45, 7) is 3.15. The van der Waals surface area contributed by atoms with Gasteiger partial charge in [0.15, 0.2) is 0 Å². The van der Waals surface area contributed by atoms with Crippen LogP contribution in [-0.4, -0.2) is 35.0 Å². The Morgan fingerprint density at radius 3 is 2.90 bits per heavy atom. The fourth-order valence-corrected chi connectivity index (χ4v) is 3.74. The topological polar surface area (TPSA) is 57.6 Å². The molecule has 2 rings (SSSR count). The number of halogens is 1. The molecule has 20 heavy (non-hydrogen) atoms. The first-order valence-corrected chi connectivity index (χ1v) is 7.92. The van der Waals surface area contributed by atoms with E-state index in [1.54, 1.807) is 11.0 Å². The van der Waals surface area contributed by atoms with E-state index in [4.69, 9.17) is 16.7 Å². The van der Waals surface area contributed by atoms with Crippen molar-refractivity contribution < 1.29 is 14.7 Å². The Balaban J connectivity index is 1.99. The molecule has 4 nitrogen and oxygen atoms in total. The molecule has 1 N–H and O–H groups in total. The Hall–Kier alpha value is -1.07. The van der Waals surface area contributed by atoms with Gasteiger partial charge in [0.05, 0.1) is 10.3 Å². The van der Waals surface area contributed by atoms with E-state index in [0.717, 1.165) is 24.3 Å². The first kappa shape index (κ1) is 15.3. The summed E-state index contributed by atoms with van der Waals surface area (Å²) in [6, 6.07) is 3.68. The van der Waals surface area contributed by atoms with E-state index in [1.807, 2.05) is 13.0 Å². The number of carbonyl (C=O) groups is 2. The van der Waals surface area contributed by atoms with Gasteiger partial charge in [-0.3, -0.25) is 9.59 Å². The third-order valence-electron chi connectivity index (χ3n) is 3.69. The minimum Gasteiger partial charge on any atom is -0.481 e. The zero-order valence-electron chi connectivity index (χ0n) is 11.3. The second-order valence-electron chi connectivity index (χ2n) is 5.25. The Labute approximate surface area is 127 Å². The van der Waals surface area contributed by atoms with Crippen LogP contribution in [0.4, 0.5) is 0 Å². The van der Waals surface area contributed by atoms with E-state index in [0.29, 0.717) is 10.9 Å². The lowest BCUT2D eigenvalue weighted by molar-refractivity contribution is -0.141. The highest BCUT2D eigenvalue weighted by Gasteiger charge is 2.29. The first-order chi connectivity index (χ1) is 9.47. The average Bonchev–Trinajstić information content (AvgIpc) is 2.83. The Morgan fingerprint density at radius 2 is 2.30 bits per heavy atom. The number of rotatable bonds is 4. The molecule has 1 aliphatic heterocycles. The molecular weight excluding hydrogens is 298 g/mol. The second kappa shape index (κ2) is 6.59. The van der Waals surface area contributed by atoms with Gasteiger partial charge in [-0.25, -0.2) is 0 Å². The lowest BCUT2D eigenvalue weighted by atomic mass is 9.94. The predicted octanol–water partition coefficient (Wildman–Crippen LogP) is 3.22. The minimum absolute atomic E-state index is 0.0682. The third-order valence-corrected chi connectivity index (χ3v) is 5.10. The minimum atomic E-state index is -0.789. The number of carboxylic acid groups (broad SMARTS) is 1. The van der Waals surface area contributed by atoms with Gasteiger partial charge in [0.25, 0.3) is 0 Å². The maximum atomic E-state index is 12.5. The van der Waals surface area contributed by atoms with Crippen LogP contribution >= 0.6 is 22.9 Å². The van der Waals surface area contributed by atoms with Gasteiger partial charge >= 0.3 is 5.97 Å². The summed E-state index contributed by atoms with van der Waals surface area (Å²) >= 11 is 7.33. The van der Waals surface area contributed by atoms with Crippen molar-refractivity contribution in [2.45, 2.75) is 32.1 Å². The number of likely N-dealkylation sites (tertiary alicyclic amines) is 1. The first-order valence-electron chi connectivity index (χ1n) is 6.73. The molecule has 2 atom stereocenters. The molecule has 0 bridgehead atoms. The van der Waals surface area contributed by atoms with Crippen LogP contribution < -0.4 is 0 Å². The highest BCUT2D eigenvalue weighted by molar-refractivity contribution is 7.16. The second-order valence-corrected chi connectivity index (χ2v) is 7.00. The lowest BCUT2D eigenvalue weighted by Gasteiger charge is -2.33. The van der Waals surface area contributed by atoms with Crippen LogP contribution in [0.3, 0.4) is 0 Å². The molecule has 2 heterocycles. The van der Waals surface area contributed by atoms with Crippen molar-refractivity contribution in [2.75, 3.05) is 13.1 Å². The van der Waals surface area contributed by atoms with Crippen LogP contribution in [0.2, 0.25) is 4.34 Å². The molecular formula is C14H18ClNO3S. The van der Waals surface area contributed by atoms with Gasteiger partial charge < -0.3 is 10.0 Å². The van der Waals surface area contributed by atoms with Crippen molar-refractivity contribution in [3.8, 4) is 0 Å². The number of hydrogen-bond donors (Lipinski definition) is 1. The molecule has 1 aromatic heterocycles. The van der Waals surface area contributed by atoms with Crippen LogP contribution in [0.15, 0.2) is 12.1 Å². The molecule has 1 fully saturated rings. The smallest absolute Gasteiger partial charge is 0.303 e. The van der Waals surface area contributed by atoms with Crippen molar-refractivity contribution in [3.63, 3.8) is 0 Å². The zero-order chi connectivity index (χ0) is 14.7. The number of carboxylic acids is 1. The standard InChI is InChI=1S/C14H18ClNO3S/c1-9(11-4-5-12(15)20-11)14(19)16-6-2-3-10(8-16)7-13(17)18/h4-5,9-10H,2-3,6-8H2,1H3,(H,17,18)/t9-,10+/m1/s1. The largest absolute Gasteiger partial charge is 0.481 e. The van der Waals surface area contributed by atoms with E-state index in [-0.39, 0.29) is 24.2 Å². The van der Waals surface area contributed by atoms with Gasteiger partial charge in [0.1, 0.15) is 0 Å². The Kier molecular flexibility index (Phi) is 5.05. The van der Waals surface area contributed by atoms with E-state index < -0.39 is 5.97 Å². The number of aliphatic carboxylic acids is 1. The molecule has 110 valence electrons. The van der Waals surface area contributed by atoms with E-state index >= 15 is 0 Å². The number of hydrogen-bond acceptors (Lipinski definition) is 3. The van der Waals surface area contributed by atoms with Gasteiger partial charge in [0, 0.05) is 24.4 Å². The van der Waals surface area contributed by atoms with Crippen molar-refractivity contribution in [1.82, 2.24) is 4.90 Å². The molecule has 0 saturated carbocycles. The van der Waals surface area contributed by atoms with Crippen LogP contribution in [-0.2, 0) is 9.59 Å². The molecule has 1 aliphatic rings. The average molecular weight is 316 g/mol. The van der Waals surface area contributed by atoms with Crippen LogP contribution in [0.1, 0.15) is 37.0 Å². The highest BCUT2D eigenvalue weighted by atomic mass is 35.5. The molecule has 0 unspecified atom stereocenters. The summed E-state index contributed by atoms with van der Waals surface area (Å²) in [7, 11) is 0. The summed E-state index contributed by atoms with van der Waals surface area (Å²) in [4.78, 5) is 26.0. The maximum absolute atomic E-state index is 12.5. The van der Waals surface area contributed by atoms with Crippen molar-refractivity contribution in [1.29, 1.82) is 0 Å². The van der Waals surface area contributed by atoms with Crippen LogP contribution in [0, 0.1) is 5.92 Å². The molecule has 6 heteroatoms. The van der Waals surface area contributed by atoms with Gasteiger partial charge in [-0.2, -0.15) is 0 Å². The zero-order valence-corrected chi connectivity index (χ0v) is 12.9. The summed E-state index contributed by atoms with van der Waals surface area (Å²) in [6.07, 6.45) is 1.90. The SMILES string of the molecule is C[C@@H](C(=O)N1CCC[C@@H](CC(=O)O)C1)c1ccc(Cl)s1.